The van der Waals surface area contributed by atoms with E-state index in [0.29, 0.717) is 17.0 Å². The summed E-state index contributed by atoms with van der Waals surface area (Å²) in [6.45, 7) is 4.68. The maximum atomic E-state index is 13.2. The second kappa shape index (κ2) is 11.1. The molecule has 2 heterocycles. The number of fused-ring (bicyclic) bond motifs is 1. The zero-order chi connectivity index (χ0) is 25.8. The summed E-state index contributed by atoms with van der Waals surface area (Å²) < 4.78 is 5.11. The van der Waals surface area contributed by atoms with Gasteiger partial charge in [-0.2, -0.15) is 0 Å². The molecule has 0 saturated carbocycles. The second-order valence-corrected chi connectivity index (χ2v) is 9.48. The first-order valence-corrected chi connectivity index (χ1v) is 12.8. The second-order valence-electron chi connectivity index (χ2n) is 9.48. The number of esters is 1. The molecule has 1 amide bonds. The number of hydrogen-bond donors (Lipinski definition) is 2. The molecule has 7 heteroatoms. The van der Waals surface area contributed by atoms with Crippen LogP contribution in [0.2, 0.25) is 0 Å². The Morgan fingerprint density at radius 2 is 1.76 bits per heavy atom. The Hall–Kier alpha value is -3.81. The van der Waals surface area contributed by atoms with Gasteiger partial charge in [0.25, 0.3) is 0 Å². The topological polar surface area (TPSA) is 91.2 Å². The Labute approximate surface area is 216 Å². The third-order valence-electron chi connectivity index (χ3n) is 6.89. The quantitative estimate of drug-likeness (QED) is 0.366. The lowest BCUT2D eigenvalue weighted by molar-refractivity contribution is -0.115. The first-order chi connectivity index (χ1) is 18.0. The number of hydrogen-bond acceptors (Lipinski definition) is 6. The molecule has 7 nitrogen and oxygen atoms in total. The lowest BCUT2D eigenvalue weighted by atomic mass is 9.90. The molecule has 3 aromatic rings. The van der Waals surface area contributed by atoms with Crippen molar-refractivity contribution in [3.63, 3.8) is 0 Å². The van der Waals surface area contributed by atoms with Crippen LogP contribution in [0.1, 0.15) is 52.7 Å². The highest BCUT2D eigenvalue weighted by atomic mass is 16.5. The van der Waals surface area contributed by atoms with Crippen LogP contribution in [0.3, 0.4) is 0 Å². The molecule has 190 valence electrons. The minimum Gasteiger partial charge on any atom is -0.462 e. The SMILES string of the molecule is CCOC(=O)c1ccc2c(c1)NC(=O)C2C(=Nc1ccc(CN2CCC(O)CC2)cc1)c1ccccc1. The molecule has 2 aliphatic rings. The molecule has 1 unspecified atom stereocenters. The van der Waals surface area contributed by atoms with E-state index in [1.54, 1.807) is 25.1 Å². The molecule has 0 aromatic heterocycles. The molecule has 0 aliphatic carbocycles. The Bertz CT molecular complexity index is 1300. The van der Waals surface area contributed by atoms with Gasteiger partial charge in [-0.15, -0.1) is 0 Å². The van der Waals surface area contributed by atoms with Crippen LogP contribution in [0.4, 0.5) is 11.4 Å². The van der Waals surface area contributed by atoms with Crippen molar-refractivity contribution in [2.24, 2.45) is 4.99 Å². The number of rotatable bonds is 7. The average Bonchev–Trinajstić information content (AvgIpc) is 3.25. The summed E-state index contributed by atoms with van der Waals surface area (Å²) in [5.41, 5.74) is 5.25. The third kappa shape index (κ3) is 5.63. The van der Waals surface area contributed by atoms with Crippen molar-refractivity contribution in [1.29, 1.82) is 0 Å². The maximum absolute atomic E-state index is 13.2. The van der Waals surface area contributed by atoms with E-state index in [0.717, 1.165) is 49.3 Å². The maximum Gasteiger partial charge on any atom is 0.338 e. The Morgan fingerprint density at radius 3 is 2.46 bits per heavy atom. The summed E-state index contributed by atoms with van der Waals surface area (Å²) in [6.07, 6.45) is 1.45. The van der Waals surface area contributed by atoms with Gasteiger partial charge in [-0.05, 0) is 60.7 Å². The normalized spacial score (nSPS) is 18.4. The van der Waals surface area contributed by atoms with E-state index < -0.39 is 11.9 Å². The number of piperidine rings is 1. The van der Waals surface area contributed by atoms with Gasteiger partial charge in [0.2, 0.25) is 5.91 Å². The molecule has 1 saturated heterocycles. The van der Waals surface area contributed by atoms with E-state index in [9.17, 15) is 14.7 Å². The number of aliphatic hydroxyl groups is 1. The van der Waals surface area contributed by atoms with Crippen LogP contribution in [0.25, 0.3) is 0 Å². The molecule has 1 fully saturated rings. The van der Waals surface area contributed by atoms with Crippen molar-refractivity contribution in [2.45, 2.75) is 38.3 Å². The van der Waals surface area contributed by atoms with Crippen LogP contribution in [-0.4, -0.2) is 53.4 Å². The van der Waals surface area contributed by atoms with Crippen molar-refractivity contribution >= 4 is 29.0 Å². The van der Waals surface area contributed by atoms with Crippen LogP contribution in [0.15, 0.2) is 77.8 Å². The van der Waals surface area contributed by atoms with Crippen LogP contribution in [-0.2, 0) is 16.1 Å². The summed E-state index contributed by atoms with van der Waals surface area (Å²) in [6, 6.07) is 23.0. The van der Waals surface area contributed by atoms with Gasteiger partial charge in [0.05, 0.1) is 29.7 Å². The van der Waals surface area contributed by atoms with E-state index in [2.05, 4.69) is 22.3 Å². The monoisotopic (exact) mass is 497 g/mol. The van der Waals surface area contributed by atoms with Crippen LogP contribution < -0.4 is 5.32 Å². The number of nitrogens with one attached hydrogen (secondary N) is 1. The fourth-order valence-corrected chi connectivity index (χ4v) is 4.93. The predicted octanol–water partition coefficient (Wildman–Crippen LogP) is 4.68. The number of aliphatic imine (C=N–C) groups is 1. The summed E-state index contributed by atoms with van der Waals surface area (Å²) in [7, 11) is 0. The van der Waals surface area contributed by atoms with Crippen LogP contribution in [0.5, 0.6) is 0 Å². The zero-order valence-electron chi connectivity index (χ0n) is 20.9. The molecule has 37 heavy (non-hydrogen) atoms. The highest BCUT2D eigenvalue weighted by Gasteiger charge is 2.36. The van der Waals surface area contributed by atoms with Gasteiger partial charge in [0.1, 0.15) is 5.92 Å². The molecular weight excluding hydrogens is 466 g/mol. The number of carbonyl (C=O) groups is 2. The van der Waals surface area contributed by atoms with Gasteiger partial charge in [-0.1, -0.05) is 48.5 Å². The summed E-state index contributed by atoms with van der Waals surface area (Å²) >= 11 is 0. The van der Waals surface area contributed by atoms with Crippen LogP contribution in [0, 0.1) is 0 Å². The Balaban J connectivity index is 1.44. The minimum absolute atomic E-state index is 0.178. The van der Waals surface area contributed by atoms with Crippen molar-refractivity contribution < 1.29 is 19.4 Å². The largest absolute Gasteiger partial charge is 0.462 e. The van der Waals surface area contributed by atoms with Crippen molar-refractivity contribution in [3.05, 3.63) is 95.1 Å². The summed E-state index contributed by atoms with van der Waals surface area (Å²) in [4.78, 5) is 32.7. The molecule has 0 spiro atoms. The van der Waals surface area contributed by atoms with E-state index in [-0.39, 0.29) is 18.6 Å². The van der Waals surface area contributed by atoms with E-state index in [1.165, 1.54) is 5.56 Å². The highest BCUT2D eigenvalue weighted by Crippen LogP contribution is 2.37. The number of carbonyl (C=O) groups excluding carboxylic acids is 2. The summed E-state index contributed by atoms with van der Waals surface area (Å²) in [5, 5.41) is 12.7. The van der Waals surface area contributed by atoms with Crippen molar-refractivity contribution in [1.82, 2.24) is 4.90 Å². The van der Waals surface area contributed by atoms with Gasteiger partial charge in [-0.25, -0.2) is 4.79 Å². The molecule has 0 bridgehead atoms. The van der Waals surface area contributed by atoms with E-state index in [4.69, 9.17) is 9.73 Å². The van der Waals surface area contributed by atoms with Crippen LogP contribution >= 0.6 is 0 Å². The lowest BCUT2D eigenvalue weighted by Crippen LogP contribution is -2.35. The van der Waals surface area contributed by atoms with Crippen molar-refractivity contribution in [3.8, 4) is 0 Å². The number of nitrogens with zero attached hydrogens (tertiary/aromatic N) is 2. The first-order valence-electron chi connectivity index (χ1n) is 12.8. The highest BCUT2D eigenvalue weighted by molar-refractivity contribution is 6.24. The number of likely N-dealkylation sites (tertiary alicyclic amines) is 1. The number of amides is 1. The molecule has 0 radical (unpaired) electrons. The summed E-state index contributed by atoms with van der Waals surface area (Å²) in [5.74, 6) is -1.20. The molecule has 2 aliphatic heterocycles. The van der Waals surface area contributed by atoms with E-state index >= 15 is 0 Å². The first kappa shape index (κ1) is 24.9. The fourth-order valence-electron chi connectivity index (χ4n) is 4.93. The van der Waals surface area contributed by atoms with Gasteiger partial charge in [-0.3, -0.25) is 14.7 Å². The molecule has 3 aromatic carbocycles. The molecular formula is C30H31N3O4. The molecule has 2 N–H and O–H groups in total. The van der Waals surface area contributed by atoms with Gasteiger partial charge in [0.15, 0.2) is 0 Å². The minimum atomic E-state index is -0.604. The van der Waals surface area contributed by atoms with Gasteiger partial charge in [0, 0.05) is 25.3 Å². The number of aliphatic hydroxyl groups excluding tert-OH is 1. The smallest absolute Gasteiger partial charge is 0.338 e. The Kier molecular flexibility index (Phi) is 7.44. The molecule has 5 rings (SSSR count). The van der Waals surface area contributed by atoms with Gasteiger partial charge >= 0.3 is 5.97 Å². The fraction of sp³-hybridized carbons (Fsp3) is 0.300. The van der Waals surface area contributed by atoms with E-state index in [1.807, 2.05) is 42.5 Å². The number of benzene rings is 3. The number of ether oxygens (including phenoxy) is 1. The zero-order valence-corrected chi connectivity index (χ0v) is 20.9. The third-order valence-corrected chi connectivity index (χ3v) is 6.89. The average molecular weight is 498 g/mol. The predicted molar refractivity (Wildman–Crippen MR) is 143 cm³/mol. The van der Waals surface area contributed by atoms with Gasteiger partial charge < -0.3 is 15.2 Å². The lowest BCUT2D eigenvalue weighted by Gasteiger charge is -2.29. The standard InChI is InChI=1S/C30H31N3O4/c1-2-37-30(36)22-10-13-25-26(18-22)32-29(35)27(25)28(21-6-4-3-5-7-21)31-23-11-8-20(9-12-23)19-33-16-14-24(34)15-17-33/h3-13,18,24,27,34H,2,14-17,19H2,1H3,(H,32,35). The van der Waals surface area contributed by atoms with Crippen molar-refractivity contribution in [2.75, 3.05) is 25.0 Å². The number of anilines is 1. The molecule has 1 atom stereocenters. The Morgan fingerprint density at radius 1 is 1.03 bits per heavy atom.